The SMILES string of the molecule is COc1cccc(CS(=O)c2ccc(N)cc2Br)n1. The zero-order valence-electron chi connectivity index (χ0n) is 10.3. The molecule has 1 aromatic heterocycles. The lowest BCUT2D eigenvalue weighted by Gasteiger charge is -2.06. The lowest BCUT2D eigenvalue weighted by Crippen LogP contribution is -2.01. The van der Waals surface area contributed by atoms with Crippen molar-refractivity contribution in [2.45, 2.75) is 10.6 Å². The van der Waals surface area contributed by atoms with E-state index in [1.807, 2.05) is 12.1 Å². The molecular formula is C13H13BrN2O2S. The minimum absolute atomic E-state index is 0.333. The number of nitrogens with two attached hydrogens (primary N) is 1. The Balaban J connectivity index is 2.20. The predicted molar refractivity (Wildman–Crippen MR) is 79.5 cm³/mol. The minimum atomic E-state index is -1.18. The van der Waals surface area contributed by atoms with Crippen molar-refractivity contribution in [3.8, 4) is 5.88 Å². The molecular weight excluding hydrogens is 328 g/mol. The van der Waals surface area contributed by atoms with Crippen molar-refractivity contribution in [1.29, 1.82) is 0 Å². The van der Waals surface area contributed by atoms with E-state index in [9.17, 15) is 4.21 Å². The van der Waals surface area contributed by atoms with Crippen molar-refractivity contribution in [2.24, 2.45) is 0 Å². The fourth-order valence-corrected chi connectivity index (χ4v) is 3.58. The number of hydrogen-bond acceptors (Lipinski definition) is 4. The Morgan fingerprint density at radius 3 is 2.84 bits per heavy atom. The summed E-state index contributed by atoms with van der Waals surface area (Å²) >= 11 is 3.37. The minimum Gasteiger partial charge on any atom is -0.481 e. The second-order valence-corrected chi connectivity index (χ2v) is 6.12. The molecule has 1 heterocycles. The molecule has 2 N–H and O–H groups in total. The van der Waals surface area contributed by atoms with E-state index in [1.165, 1.54) is 0 Å². The van der Waals surface area contributed by atoms with Gasteiger partial charge in [-0.25, -0.2) is 4.98 Å². The second kappa shape index (κ2) is 6.16. The van der Waals surface area contributed by atoms with Crippen LogP contribution in [-0.4, -0.2) is 16.3 Å². The molecule has 100 valence electrons. The van der Waals surface area contributed by atoms with Crippen LogP contribution in [0.3, 0.4) is 0 Å². The molecule has 0 bridgehead atoms. The van der Waals surface area contributed by atoms with Crippen LogP contribution in [0.4, 0.5) is 5.69 Å². The van der Waals surface area contributed by atoms with Gasteiger partial charge in [0.1, 0.15) is 0 Å². The molecule has 2 aromatic rings. The smallest absolute Gasteiger partial charge is 0.213 e. The van der Waals surface area contributed by atoms with E-state index in [1.54, 1.807) is 31.4 Å². The van der Waals surface area contributed by atoms with Gasteiger partial charge in [-0.05, 0) is 40.2 Å². The Morgan fingerprint density at radius 2 is 2.16 bits per heavy atom. The standard InChI is InChI=1S/C13H13BrN2O2S/c1-18-13-4-2-3-10(16-13)8-19(17)12-6-5-9(15)7-11(12)14/h2-7H,8,15H2,1H3. The number of ether oxygens (including phenoxy) is 1. The van der Waals surface area contributed by atoms with E-state index in [0.29, 0.717) is 22.2 Å². The summed E-state index contributed by atoms with van der Waals surface area (Å²) in [6, 6.07) is 10.6. The summed E-state index contributed by atoms with van der Waals surface area (Å²) in [4.78, 5) is 4.96. The van der Waals surface area contributed by atoms with Gasteiger partial charge in [-0.15, -0.1) is 0 Å². The Hall–Kier alpha value is -1.40. The first-order chi connectivity index (χ1) is 9.10. The summed E-state index contributed by atoms with van der Waals surface area (Å²) in [5.41, 5.74) is 7.02. The molecule has 0 saturated heterocycles. The van der Waals surface area contributed by atoms with Crippen LogP contribution in [0, 0.1) is 0 Å². The first-order valence-electron chi connectivity index (χ1n) is 5.53. The maximum absolute atomic E-state index is 12.3. The molecule has 0 aliphatic rings. The first kappa shape index (κ1) is 14.0. The number of methoxy groups -OCH3 is 1. The Kier molecular flexibility index (Phi) is 4.55. The van der Waals surface area contributed by atoms with Gasteiger partial charge in [-0.1, -0.05) is 6.07 Å². The quantitative estimate of drug-likeness (QED) is 0.869. The van der Waals surface area contributed by atoms with Crippen molar-refractivity contribution in [1.82, 2.24) is 4.98 Å². The van der Waals surface area contributed by atoms with Crippen molar-refractivity contribution >= 4 is 32.4 Å². The molecule has 0 saturated carbocycles. The maximum Gasteiger partial charge on any atom is 0.213 e. The third-order valence-corrected chi connectivity index (χ3v) is 4.79. The third kappa shape index (κ3) is 3.54. The van der Waals surface area contributed by atoms with Gasteiger partial charge in [0.2, 0.25) is 5.88 Å². The molecule has 0 amide bonds. The first-order valence-corrected chi connectivity index (χ1v) is 7.64. The number of halogens is 1. The van der Waals surface area contributed by atoms with Crippen LogP contribution < -0.4 is 10.5 Å². The molecule has 0 aliphatic carbocycles. The molecule has 1 atom stereocenters. The van der Waals surface area contributed by atoms with Crippen LogP contribution in [0.15, 0.2) is 45.8 Å². The largest absolute Gasteiger partial charge is 0.481 e. The zero-order chi connectivity index (χ0) is 13.8. The molecule has 6 heteroatoms. The van der Waals surface area contributed by atoms with Gasteiger partial charge in [0.15, 0.2) is 0 Å². The summed E-state index contributed by atoms with van der Waals surface area (Å²) in [6.45, 7) is 0. The van der Waals surface area contributed by atoms with E-state index in [-0.39, 0.29) is 0 Å². The number of anilines is 1. The van der Waals surface area contributed by atoms with Crippen molar-refractivity contribution in [2.75, 3.05) is 12.8 Å². The highest BCUT2D eigenvalue weighted by molar-refractivity contribution is 9.10. The Morgan fingerprint density at radius 1 is 1.37 bits per heavy atom. The van der Waals surface area contributed by atoms with Gasteiger partial charge in [0.25, 0.3) is 0 Å². The van der Waals surface area contributed by atoms with Crippen LogP contribution in [0.2, 0.25) is 0 Å². The highest BCUT2D eigenvalue weighted by Gasteiger charge is 2.10. The fraction of sp³-hybridized carbons (Fsp3) is 0.154. The van der Waals surface area contributed by atoms with Gasteiger partial charge in [0, 0.05) is 16.2 Å². The van der Waals surface area contributed by atoms with Crippen LogP contribution in [-0.2, 0) is 16.6 Å². The highest BCUT2D eigenvalue weighted by Crippen LogP contribution is 2.24. The molecule has 19 heavy (non-hydrogen) atoms. The molecule has 0 aliphatic heterocycles. The third-order valence-electron chi connectivity index (χ3n) is 2.47. The lowest BCUT2D eigenvalue weighted by molar-refractivity contribution is 0.397. The van der Waals surface area contributed by atoms with E-state index < -0.39 is 10.8 Å². The Bertz CT molecular complexity index is 619. The normalized spacial score (nSPS) is 12.1. The molecule has 1 unspecified atom stereocenters. The van der Waals surface area contributed by atoms with Crippen molar-refractivity contribution < 1.29 is 8.95 Å². The average Bonchev–Trinajstić information content (AvgIpc) is 2.38. The van der Waals surface area contributed by atoms with Gasteiger partial charge in [0.05, 0.1) is 34.3 Å². The zero-order valence-corrected chi connectivity index (χ0v) is 12.7. The number of benzene rings is 1. The molecule has 2 rings (SSSR count). The summed E-state index contributed by atoms with van der Waals surface area (Å²) < 4.78 is 18.1. The molecule has 0 radical (unpaired) electrons. The number of aromatic nitrogens is 1. The summed E-state index contributed by atoms with van der Waals surface area (Å²) in [6.07, 6.45) is 0. The highest BCUT2D eigenvalue weighted by atomic mass is 79.9. The monoisotopic (exact) mass is 340 g/mol. The van der Waals surface area contributed by atoms with E-state index in [0.717, 1.165) is 10.2 Å². The molecule has 1 aromatic carbocycles. The second-order valence-electron chi connectivity index (χ2n) is 3.85. The van der Waals surface area contributed by atoms with Crippen LogP contribution in [0.5, 0.6) is 5.88 Å². The number of nitrogen functional groups attached to an aromatic ring is 1. The van der Waals surface area contributed by atoms with Crippen LogP contribution >= 0.6 is 15.9 Å². The maximum atomic E-state index is 12.3. The number of rotatable bonds is 4. The number of pyridine rings is 1. The molecule has 4 nitrogen and oxygen atoms in total. The van der Waals surface area contributed by atoms with E-state index >= 15 is 0 Å². The van der Waals surface area contributed by atoms with Crippen molar-refractivity contribution in [3.63, 3.8) is 0 Å². The average molecular weight is 341 g/mol. The molecule has 0 spiro atoms. The van der Waals surface area contributed by atoms with Gasteiger partial charge in [-0.3, -0.25) is 4.21 Å². The fourth-order valence-electron chi connectivity index (χ4n) is 1.57. The number of nitrogens with zero attached hydrogens (tertiary/aromatic N) is 1. The summed E-state index contributed by atoms with van der Waals surface area (Å²) in [7, 11) is 0.370. The van der Waals surface area contributed by atoms with Crippen LogP contribution in [0.1, 0.15) is 5.69 Å². The molecule has 0 fully saturated rings. The van der Waals surface area contributed by atoms with E-state index in [4.69, 9.17) is 10.5 Å². The topological polar surface area (TPSA) is 65.2 Å². The van der Waals surface area contributed by atoms with E-state index in [2.05, 4.69) is 20.9 Å². The Labute approximate surface area is 122 Å². The van der Waals surface area contributed by atoms with Crippen molar-refractivity contribution in [3.05, 3.63) is 46.6 Å². The summed E-state index contributed by atoms with van der Waals surface area (Å²) in [5.74, 6) is 0.852. The van der Waals surface area contributed by atoms with Gasteiger partial charge >= 0.3 is 0 Å². The predicted octanol–water partition coefficient (Wildman–Crippen LogP) is 2.74. The van der Waals surface area contributed by atoms with Gasteiger partial charge < -0.3 is 10.5 Å². The lowest BCUT2D eigenvalue weighted by atomic mass is 10.3. The van der Waals surface area contributed by atoms with Crippen LogP contribution in [0.25, 0.3) is 0 Å². The van der Waals surface area contributed by atoms with Gasteiger partial charge in [-0.2, -0.15) is 0 Å². The summed E-state index contributed by atoms with van der Waals surface area (Å²) in [5, 5.41) is 0. The number of hydrogen-bond donors (Lipinski definition) is 1.